The molecule has 0 unspecified atom stereocenters. The lowest BCUT2D eigenvalue weighted by Crippen LogP contribution is -2.11. The van der Waals surface area contributed by atoms with Crippen molar-refractivity contribution in [2.24, 2.45) is 0 Å². The van der Waals surface area contributed by atoms with E-state index in [9.17, 15) is 10.1 Å². The predicted octanol–water partition coefficient (Wildman–Crippen LogP) is 4.09. The van der Waals surface area contributed by atoms with Crippen LogP contribution in [-0.4, -0.2) is 15.9 Å². The number of carbonyl (C=O) groups is 1. The van der Waals surface area contributed by atoms with E-state index in [4.69, 9.17) is 0 Å². The van der Waals surface area contributed by atoms with Crippen LogP contribution >= 0.6 is 27.3 Å². The summed E-state index contributed by atoms with van der Waals surface area (Å²) in [7, 11) is 0. The lowest BCUT2D eigenvalue weighted by Gasteiger charge is -2.01. The third-order valence-electron chi connectivity index (χ3n) is 2.94. The Bertz CT molecular complexity index is 902. The molecule has 0 saturated carbocycles. The van der Waals surface area contributed by atoms with Crippen LogP contribution in [0.3, 0.4) is 0 Å². The number of anilines is 1. The fourth-order valence-corrected chi connectivity index (χ4v) is 3.09. The molecule has 0 bridgehead atoms. The summed E-state index contributed by atoms with van der Waals surface area (Å²) in [5.74, 6) is -0.280. The molecule has 3 aromatic rings. The van der Waals surface area contributed by atoms with Crippen molar-refractivity contribution in [2.45, 2.75) is 0 Å². The molecule has 1 aromatic carbocycles. The van der Waals surface area contributed by atoms with Gasteiger partial charge in [-0.05, 0) is 30.3 Å². The highest BCUT2D eigenvalue weighted by molar-refractivity contribution is 9.10. The highest BCUT2D eigenvalue weighted by Crippen LogP contribution is 2.29. The van der Waals surface area contributed by atoms with Crippen molar-refractivity contribution in [1.29, 1.82) is 5.26 Å². The standard InChI is InChI=1S/C16H9BrN4OS/c17-11-5-3-4-10(8-11)15(22)21-16-20-14(13(9-18)23-16)12-6-1-2-7-19-12/h1-8H,(H,20,21,22). The summed E-state index contributed by atoms with van der Waals surface area (Å²) in [6.07, 6.45) is 1.63. The van der Waals surface area contributed by atoms with E-state index >= 15 is 0 Å². The van der Waals surface area contributed by atoms with E-state index in [1.54, 1.807) is 36.5 Å². The average Bonchev–Trinajstić information content (AvgIpc) is 2.98. The first-order chi connectivity index (χ1) is 11.2. The van der Waals surface area contributed by atoms with E-state index in [-0.39, 0.29) is 5.91 Å². The van der Waals surface area contributed by atoms with E-state index in [0.29, 0.717) is 27.0 Å². The molecule has 0 fully saturated rings. The predicted molar refractivity (Wildman–Crippen MR) is 92.2 cm³/mol. The van der Waals surface area contributed by atoms with E-state index < -0.39 is 0 Å². The van der Waals surface area contributed by atoms with Gasteiger partial charge in [-0.25, -0.2) is 4.98 Å². The molecule has 0 aliphatic rings. The van der Waals surface area contributed by atoms with Gasteiger partial charge in [-0.2, -0.15) is 5.26 Å². The molecular formula is C16H9BrN4OS. The minimum Gasteiger partial charge on any atom is -0.298 e. The first-order valence-corrected chi connectivity index (χ1v) is 8.17. The molecule has 7 heteroatoms. The van der Waals surface area contributed by atoms with Gasteiger partial charge in [0.1, 0.15) is 16.6 Å². The molecule has 1 N–H and O–H groups in total. The van der Waals surface area contributed by atoms with Gasteiger partial charge in [0.2, 0.25) is 0 Å². The minimum absolute atomic E-state index is 0.280. The summed E-state index contributed by atoms with van der Waals surface area (Å²) < 4.78 is 0.816. The van der Waals surface area contributed by atoms with Crippen LogP contribution in [0.4, 0.5) is 5.13 Å². The molecule has 2 heterocycles. The Hall–Kier alpha value is -2.56. The smallest absolute Gasteiger partial charge is 0.257 e. The number of halogens is 1. The fraction of sp³-hybridized carbons (Fsp3) is 0. The second kappa shape index (κ2) is 6.69. The van der Waals surface area contributed by atoms with Gasteiger partial charge in [0.15, 0.2) is 5.13 Å². The second-order valence-corrected chi connectivity index (χ2v) is 6.40. The number of rotatable bonds is 3. The number of hydrogen-bond donors (Lipinski definition) is 1. The number of carbonyl (C=O) groups excluding carboxylic acids is 1. The maximum absolute atomic E-state index is 12.2. The van der Waals surface area contributed by atoms with Crippen molar-refractivity contribution in [3.63, 3.8) is 0 Å². The van der Waals surface area contributed by atoms with Gasteiger partial charge < -0.3 is 0 Å². The normalized spacial score (nSPS) is 10.1. The van der Waals surface area contributed by atoms with Crippen LogP contribution in [0.25, 0.3) is 11.4 Å². The highest BCUT2D eigenvalue weighted by Gasteiger charge is 2.16. The zero-order valence-corrected chi connectivity index (χ0v) is 14.1. The van der Waals surface area contributed by atoms with Crippen molar-refractivity contribution >= 4 is 38.3 Å². The lowest BCUT2D eigenvalue weighted by molar-refractivity contribution is 0.102. The lowest BCUT2D eigenvalue weighted by atomic mass is 10.2. The number of nitriles is 1. The molecule has 0 radical (unpaired) electrons. The van der Waals surface area contributed by atoms with Gasteiger partial charge in [-0.15, -0.1) is 0 Å². The molecule has 23 heavy (non-hydrogen) atoms. The van der Waals surface area contributed by atoms with E-state index in [1.165, 1.54) is 0 Å². The average molecular weight is 385 g/mol. The van der Waals surface area contributed by atoms with Gasteiger partial charge in [-0.1, -0.05) is 39.4 Å². The summed E-state index contributed by atoms with van der Waals surface area (Å²) in [5.41, 5.74) is 1.58. The third-order valence-corrected chi connectivity index (χ3v) is 4.31. The van der Waals surface area contributed by atoms with Gasteiger partial charge in [-0.3, -0.25) is 15.1 Å². The molecule has 112 valence electrons. The monoisotopic (exact) mass is 384 g/mol. The van der Waals surface area contributed by atoms with Crippen LogP contribution in [0, 0.1) is 11.3 Å². The molecule has 0 saturated heterocycles. The zero-order valence-electron chi connectivity index (χ0n) is 11.7. The van der Waals surface area contributed by atoms with Gasteiger partial charge >= 0.3 is 0 Å². The Morgan fingerprint density at radius 1 is 1.26 bits per heavy atom. The molecular weight excluding hydrogens is 376 g/mol. The largest absolute Gasteiger partial charge is 0.298 e. The summed E-state index contributed by atoms with van der Waals surface area (Å²) in [5, 5.41) is 12.3. The number of nitrogens with zero attached hydrogens (tertiary/aromatic N) is 3. The topological polar surface area (TPSA) is 78.7 Å². The minimum atomic E-state index is -0.280. The number of pyridine rings is 1. The van der Waals surface area contributed by atoms with Crippen molar-refractivity contribution in [1.82, 2.24) is 9.97 Å². The van der Waals surface area contributed by atoms with Crippen LogP contribution in [0.1, 0.15) is 15.2 Å². The van der Waals surface area contributed by atoms with Crippen molar-refractivity contribution in [2.75, 3.05) is 5.32 Å². The van der Waals surface area contributed by atoms with Crippen LogP contribution in [-0.2, 0) is 0 Å². The molecule has 3 rings (SSSR count). The maximum Gasteiger partial charge on any atom is 0.257 e. The number of hydrogen-bond acceptors (Lipinski definition) is 5. The Labute approximate surface area is 144 Å². The molecule has 0 spiro atoms. The third kappa shape index (κ3) is 3.44. The Morgan fingerprint density at radius 2 is 2.13 bits per heavy atom. The SMILES string of the molecule is N#Cc1sc(NC(=O)c2cccc(Br)c2)nc1-c1ccccn1. The Kier molecular flexibility index (Phi) is 4.46. The van der Waals surface area contributed by atoms with E-state index in [1.807, 2.05) is 12.1 Å². The Balaban J connectivity index is 1.89. The highest BCUT2D eigenvalue weighted by atomic mass is 79.9. The molecule has 0 aliphatic carbocycles. The molecule has 5 nitrogen and oxygen atoms in total. The summed E-state index contributed by atoms with van der Waals surface area (Å²) in [6, 6.07) is 14.5. The maximum atomic E-state index is 12.2. The summed E-state index contributed by atoms with van der Waals surface area (Å²) in [4.78, 5) is 21.2. The number of nitrogens with one attached hydrogen (secondary N) is 1. The quantitative estimate of drug-likeness (QED) is 0.737. The first-order valence-electron chi connectivity index (χ1n) is 6.56. The van der Waals surface area contributed by atoms with Crippen molar-refractivity contribution < 1.29 is 4.79 Å². The van der Waals surface area contributed by atoms with E-state index in [2.05, 4.69) is 37.3 Å². The molecule has 0 atom stereocenters. The number of thiazole rings is 1. The van der Waals surface area contributed by atoms with Gasteiger partial charge in [0, 0.05) is 16.2 Å². The Morgan fingerprint density at radius 3 is 2.83 bits per heavy atom. The van der Waals surface area contributed by atoms with E-state index in [0.717, 1.165) is 15.8 Å². The van der Waals surface area contributed by atoms with Crippen LogP contribution in [0.2, 0.25) is 0 Å². The van der Waals surface area contributed by atoms with Crippen molar-refractivity contribution in [3.05, 3.63) is 63.6 Å². The van der Waals surface area contributed by atoms with Gasteiger partial charge in [0.05, 0.1) is 5.69 Å². The van der Waals surface area contributed by atoms with Crippen LogP contribution in [0.15, 0.2) is 53.1 Å². The fourth-order valence-electron chi connectivity index (χ4n) is 1.92. The zero-order chi connectivity index (χ0) is 16.2. The first kappa shape index (κ1) is 15.3. The number of benzene rings is 1. The molecule has 1 amide bonds. The number of aromatic nitrogens is 2. The van der Waals surface area contributed by atoms with Crippen LogP contribution in [0.5, 0.6) is 0 Å². The van der Waals surface area contributed by atoms with Crippen molar-refractivity contribution in [3.8, 4) is 17.5 Å². The van der Waals surface area contributed by atoms with Crippen LogP contribution < -0.4 is 5.32 Å². The molecule has 0 aliphatic heterocycles. The van der Waals surface area contributed by atoms with Gasteiger partial charge in [0.25, 0.3) is 5.91 Å². The second-order valence-electron chi connectivity index (χ2n) is 4.49. The summed E-state index contributed by atoms with van der Waals surface area (Å²) >= 11 is 4.45. The molecule has 2 aromatic heterocycles. The summed E-state index contributed by atoms with van der Waals surface area (Å²) in [6.45, 7) is 0. The number of amides is 1.